The number of H-pyrrole nitrogens is 1. The normalized spacial score (nSPS) is 15.0. The Bertz CT molecular complexity index is 1110. The molecule has 0 radical (unpaired) electrons. The van der Waals surface area contributed by atoms with E-state index in [9.17, 15) is 14.0 Å². The van der Waals surface area contributed by atoms with Gasteiger partial charge in [0, 0.05) is 29.2 Å². The number of aromatic nitrogens is 3. The van der Waals surface area contributed by atoms with Crippen LogP contribution in [0.3, 0.4) is 0 Å². The van der Waals surface area contributed by atoms with Gasteiger partial charge in [-0.2, -0.15) is 0 Å². The van der Waals surface area contributed by atoms with Gasteiger partial charge in [-0.1, -0.05) is 25.0 Å². The van der Waals surface area contributed by atoms with Crippen LogP contribution in [0.2, 0.25) is 0 Å². The first kappa shape index (κ1) is 20.9. The van der Waals surface area contributed by atoms with E-state index < -0.39 is 0 Å². The van der Waals surface area contributed by atoms with E-state index in [1.165, 1.54) is 12.1 Å². The molecule has 2 aromatic heterocycles. The molecule has 6 nitrogen and oxygen atoms in total. The zero-order chi connectivity index (χ0) is 21.8. The third-order valence-electron chi connectivity index (χ3n) is 5.91. The minimum absolute atomic E-state index is 0.0636. The maximum absolute atomic E-state index is 13.4. The van der Waals surface area contributed by atoms with Crippen LogP contribution >= 0.6 is 0 Å². The second kappa shape index (κ2) is 9.20. The van der Waals surface area contributed by atoms with Crippen LogP contribution in [-0.4, -0.2) is 20.9 Å². The molecule has 0 bridgehead atoms. The third-order valence-corrected chi connectivity index (χ3v) is 5.91. The van der Waals surface area contributed by atoms with E-state index in [0.29, 0.717) is 28.6 Å². The van der Waals surface area contributed by atoms with Crippen molar-refractivity contribution in [3.8, 4) is 11.4 Å². The lowest BCUT2D eigenvalue weighted by Crippen LogP contribution is -2.35. The summed E-state index contributed by atoms with van der Waals surface area (Å²) in [4.78, 5) is 36.9. The monoisotopic (exact) mass is 420 g/mol. The molecule has 160 valence electrons. The molecule has 1 aliphatic rings. The standard InChI is InChI=1S/C24H25FN4O2/c1-15-20(24(31)29-23(27-15)18-7-4-12-26-14-18)13-21(30)28-22(16-5-2-3-6-16)17-8-10-19(25)11-9-17/h4,7-12,14,16,22H,2-3,5-6,13H2,1H3,(H,28,30)(H,27,29,31). The van der Waals surface area contributed by atoms with Crippen LogP contribution in [0.15, 0.2) is 53.6 Å². The van der Waals surface area contributed by atoms with Gasteiger partial charge in [-0.15, -0.1) is 0 Å². The summed E-state index contributed by atoms with van der Waals surface area (Å²) in [7, 11) is 0. The number of benzene rings is 1. The van der Waals surface area contributed by atoms with Gasteiger partial charge in [-0.3, -0.25) is 14.6 Å². The lowest BCUT2D eigenvalue weighted by molar-refractivity contribution is -0.121. The molecular weight excluding hydrogens is 395 g/mol. The summed E-state index contributed by atoms with van der Waals surface area (Å²) in [5.74, 6) is 0.183. The molecule has 1 saturated carbocycles. The number of pyridine rings is 1. The van der Waals surface area contributed by atoms with Crippen molar-refractivity contribution < 1.29 is 9.18 Å². The summed E-state index contributed by atoms with van der Waals surface area (Å²) in [5.41, 5.74) is 2.11. The van der Waals surface area contributed by atoms with Crippen molar-refractivity contribution in [2.45, 2.75) is 45.1 Å². The highest BCUT2D eigenvalue weighted by Crippen LogP contribution is 2.35. The Morgan fingerprint density at radius 3 is 2.61 bits per heavy atom. The molecule has 1 aliphatic carbocycles. The Kier molecular flexibility index (Phi) is 6.21. The smallest absolute Gasteiger partial charge is 0.255 e. The first-order valence-corrected chi connectivity index (χ1v) is 10.6. The summed E-state index contributed by atoms with van der Waals surface area (Å²) in [6.45, 7) is 1.73. The van der Waals surface area contributed by atoms with Crippen molar-refractivity contribution in [1.82, 2.24) is 20.3 Å². The molecule has 1 aromatic carbocycles. The predicted molar refractivity (Wildman–Crippen MR) is 116 cm³/mol. The minimum atomic E-state index is -0.333. The highest BCUT2D eigenvalue weighted by atomic mass is 19.1. The predicted octanol–water partition coefficient (Wildman–Crippen LogP) is 3.87. The number of hydrogen-bond donors (Lipinski definition) is 2. The second-order valence-corrected chi connectivity index (χ2v) is 8.04. The van der Waals surface area contributed by atoms with Crippen molar-refractivity contribution in [3.63, 3.8) is 0 Å². The summed E-state index contributed by atoms with van der Waals surface area (Å²) in [6, 6.07) is 9.66. The number of amides is 1. The quantitative estimate of drug-likeness (QED) is 0.634. The van der Waals surface area contributed by atoms with E-state index in [4.69, 9.17) is 0 Å². The zero-order valence-corrected chi connectivity index (χ0v) is 17.4. The van der Waals surface area contributed by atoms with Gasteiger partial charge in [0.2, 0.25) is 5.91 Å². The molecule has 0 spiro atoms. The maximum Gasteiger partial charge on any atom is 0.255 e. The molecule has 2 heterocycles. The SMILES string of the molecule is Cc1nc(-c2cccnc2)[nH]c(=O)c1CC(=O)NC(c1ccc(F)cc1)C1CCCC1. The van der Waals surface area contributed by atoms with E-state index >= 15 is 0 Å². The Balaban J connectivity index is 1.54. The summed E-state index contributed by atoms with van der Waals surface area (Å²) in [6.07, 6.45) is 7.49. The van der Waals surface area contributed by atoms with Crippen molar-refractivity contribution in [2.24, 2.45) is 5.92 Å². The van der Waals surface area contributed by atoms with Gasteiger partial charge in [-0.25, -0.2) is 9.37 Å². The molecule has 4 rings (SSSR count). The van der Waals surface area contributed by atoms with E-state index in [0.717, 1.165) is 31.2 Å². The van der Waals surface area contributed by atoms with Crippen LogP contribution in [0.5, 0.6) is 0 Å². The molecule has 0 aliphatic heterocycles. The first-order valence-electron chi connectivity index (χ1n) is 10.6. The van der Waals surface area contributed by atoms with Crippen molar-refractivity contribution in [1.29, 1.82) is 0 Å². The van der Waals surface area contributed by atoms with Crippen molar-refractivity contribution in [3.05, 3.63) is 81.8 Å². The number of carbonyl (C=O) groups is 1. The van der Waals surface area contributed by atoms with Gasteiger partial charge in [-0.05, 0) is 55.5 Å². The fourth-order valence-corrected chi connectivity index (χ4v) is 4.28. The molecule has 1 fully saturated rings. The molecule has 3 aromatic rings. The van der Waals surface area contributed by atoms with E-state index in [1.54, 1.807) is 37.5 Å². The van der Waals surface area contributed by atoms with E-state index in [-0.39, 0.29) is 29.7 Å². The van der Waals surface area contributed by atoms with Crippen LogP contribution in [-0.2, 0) is 11.2 Å². The average Bonchev–Trinajstić information content (AvgIpc) is 3.30. The van der Waals surface area contributed by atoms with Gasteiger partial charge < -0.3 is 10.3 Å². The van der Waals surface area contributed by atoms with Gasteiger partial charge >= 0.3 is 0 Å². The molecule has 31 heavy (non-hydrogen) atoms. The fraction of sp³-hybridized carbons (Fsp3) is 0.333. The fourth-order valence-electron chi connectivity index (χ4n) is 4.28. The van der Waals surface area contributed by atoms with Crippen LogP contribution in [0.25, 0.3) is 11.4 Å². The minimum Gasteiger partial charge on any atom is -0.349 e. The zero-order valence-electron chi connectivity index (χ0n) is 17.4. The highest BCUT2D eigenvalue weighted by Gasteiger charge is 2.28. The van der Waals surface area contributed by atoms with Gasteiger partial charge in [0.15, 0.2) is 0 Å². The molecule has 2 N–H and O–H groups in total. The summed E-state index contributed by atoms with van der Waals surface area (Å²) in [5, 5.41) is 3.09. The Hall–Kier alpha value is -3.35. The molecule has 0 saturated heterocycles. The first-order chi connectivity index (χ1) is 15.0. The number of hydrogen-bond acceptors (Lipinski definition) is 4. The highest BCUT2D eigenvalue weighted by molar-refractivity contribution is 5.79. The molecule has 1 unspecified atom stereocenters. The Morgan fingerprint density at radius 1 is 1.23 bits per heavy atom. The van der Waals surface area contributed by atoms with Gasteiger partial charge in [0.1, 0.15) is 11.6 Å². The number of rotatable bonds is 6. The van der Waals surface area contributed by atoms with Crippen LogP contribution in [0.4, 0.5) is 4.39 Å². The van der Waals surface area contributed by atoms with Crippen LogP contribution in [0.1, 0.15) is 48.5 Å². The second-order valence-electron chi connectivity index (χ2n) is 8.04. The lowest BCUT2D eigenvalue weighted by atomic mass is 9.91. The van der Waals surface area contributed by atoms with Crippen LogP contribution < -0.4 is 10.9 Å². The third kappa shape index (κ3) is 4.87. The Morgan fingerprint density at radius 2 is 1.97 bits per heavy atom. The number of nitrogens with zero attached hydrogens (tertiary/aromatic N) is 2. The summed E-state index contributed by atoms with van der Waals surface area (Å²) >= 11 is 0. The Labute approximate surface area is 180 Å². The molecular formula is C24H25FN4O2. The van der Waals surface area contributed by atoms with E-state index in [1.807, 2.05) is 6.07 Å². The number of aromatic amines is 1. The maximum atomic E-state index is 13.4. The van der Waals surface area contributed by atoms with E-state index in [2.05, 4.69) is 20.3 Å². The number of halogens is 1. The van der Waals surface area contributed by atoms with Crippen molar-refractivity contribution >= 4 is 5.91 Å². The number of carbonyl (C=O) groups excluding carboxylic acids is 1. The summed E-state index contributed by atoms with van der Waals surface area (Å²) < 4.78 is 13.4. The molecule has 7 heteroatoms. The van der Waals surface area contributed by atoms with Crippen LogP contribution in [0, 0.1) is 18.7 Å². The largest absolute Gasteiger partial charge is 0.349 e. The molecule has 1 amide bonds. The average molecular weight is 420 g/mol. The topological polar surface area (TPSA) is 87.7 Å². The van der Waals surface area contributed by atoms with Crippen molar-refractivity contribution in [2.75, 3.05) is 0 Å². The van der Waals surface area contributed by atoms with Gasteiger partial charge in [0.05, 0.1) is 12.5 Å². The number of aryl methyl sites for hydroxylation is 1. The molecule has 1 atom stereocenters. The lowest BCUT2D eigenvalue weighted by Gasteiger charge is -2.25. The van der Waals surface area contributed by atoms with Gasteiger partial charge in [0.25, 0.3) is 5.56 Å². The number of nitrogens with one attached hydrogen (secondary N) is 2.